The van der Waals surface area contributed by atoms with Gasteiger partial charge in [0, 0.05) is 11.9 Å². The van der Waals surface area contributed by atoms with Gasteiger partial charge in [-0.3, -0.25) is 0 Å². The number of rotatable bonds is 8. The highest BCUT2D eigenvalue weighted by Crippen LogP contribution is 2.24. The summed E-state index contributed by atoms with van der Waals surface area (Å²) in [5.41, 5.74) is 1.31. The van der Waals surface area contributed by atoms with Crippen LogP contribution in [0.25, 0.3) is 0 Å². The van der Waals surface area contributed by atoms with Crippen LogP contribution in [-0.4, -0.2) is 30.0 Å². The first-order chi connectivity index (χ1) is 10.2. The molecule has 120 valence electrons. The number of hydrogen-bond acceptors (Lipinski definition) is 4. The summed E-state index contributed by atoms with van der Waals surface area (Å²) >= 11 is 0. The van der Waals surface area contributed by atoms with E-state index in [1.54, 1.807) is 20.0 Å². The molecule has 0 fully saturated rings. The molecule has 0 saturated heterocycles. The summed E-state index contributed by atoms with van der Waals surface area (Å²) in [6, 6.07) is 8.18. The summed E-state index contributed by atoms with van der Waals surface area (Å²) < 4.78 is 5.76. The molecule has 5 heteroatoms. The van der Waals surface area contributed by atoms with E-state index in [2.05, 4.69) is 24.4 Å². The van der Waals surface area contributed by atoms with Crippen LogP contribution in [0, 0.1) is 5.41 Å². The number of nitrogens with one attached hydrogen (secondary N) is 2. The van der Waals surface area contributed by atoms with Gasteiger partial charge < -0.3 is 20.5 Å². The zero-order valence-electron chi connectivity index (χ0n) is 14.2. The highest BCUT2D eigenvalue weighted by Gasteiger charge is 2.35. The second-order valence-electron chi connectivity index (χ2n) is 6.42. The van der Waals surface area contributed by atoms with Crippen molar-refractivity contribution in [3.05, 3.63) is 41.5 Å². The smallest absolute Gasteiger partial charge is 0.312 e. The van der Waals surface area contributed by atoms with Crippen LogP contribution in [0.5, 0.6) is 0 Å². The molecule has 0 spiro atoms. The van der Waals surface area contributed by atoms with E-state index in [0.29, 0.717) is 5.47 Å². The van der Waals surface area contributed by atoms with Gasteiger partial charge in [-0.2, -0.15) is 0 Å². The molecule has 0 bridgehead atoms. The van der Waals surface area contributed by atoms with E-state index < -0.39 is 11.2 Å². The number of allylic oxidation sites excluding steroid dienone is 1. The third-order valence-corrected chi connectivity index (χ3v) is 4.04. The highest BCUT2D eigenvalue weighted by molar-refractivity contribution is 6.45. The van der Waals surface area contributed by atoms with Crippen molar-refractivity contribution in [1.82, 2.24) is 0 Å². The Bertz CT molecular complexity index is 516. The Kier molecular flexibility index (Phi) is 6.39. The van der Waals surface area contributed by atoms with Gasteiger partial charge in [-0.25, -0.2) is 0 Å². The average molecular weight is 302 g/mol. The first-order valence-electron chi connectivity index (χ1n) is 7.61. The molecule has 0 aliphatic carbocycles. The molecule has 0 amide bonds. The first-order valence-corrected chi connectivity index (χ1v) is 7.61. The Morgan fingerprint density at radius 1 is 1.27 bits per heavy atom. The third kappa shape index (κ3) is 5.32. The number of benzene rings is 1. The van der Waals surface area contributed by atoms with Crippen molar-refractivity contribution in [3.63, 3.8) is 0 Å². The van der Waals surface area contributed by atoms with Gasteiger partial charge in [0.1, 0.15) is 0 Å². The fourth-order valence-corrected chi connectivity index (χ4v) is 1.58. The van der Waals surface area contributed by atoms with Gasteiger partial charge >= 0.3 is 7.48 Å². The van der Waals surface area contributed by atoms with Crippen LogP contribution in [0.4, 0.5) is 5.69 Å². The average Bonchev–Trinajstić information content (AvgIpc) is 2.46. The summed E-state index contributed by atoms with van der Waals surface area (Å²) in [5, 5.41) is 20.7. The van der Waals surface area contributed by atoms with Crippen LogP contribution in [0.15, 0.2) is 35.9 Å². The van der Waals surface area contributed by atoms with Crippen LogP contribution in [0.2, 0.25) is 0 Å². The fraction of sp³-hybridized carbons (Fsp3) is 0.471. The van der Waals surface area contributed by atoms with Crippen molar-refractivity contribution >= 4 is 19.4 Å². The molecule has 0 heterocycles. The molecule has 22 heavy (non-hydrogen) atoms. The van der Waals surface area contributed by atoms with E-state index in [1.807, 2.05) is 26.0 Å². The normalized spacial score (nSPS) is 12.9. The molecular formula is C17H27BN2O2. The number of hydrogen-bond donors (Lipinski definition) is 3. The van der Waals surface area contributed by atoms with Crippen molar-refractivity contribution in [2.24, 2.45) is 0 Å². The highest BCUT2D eigenvalue weighted by atomic mass is 16.5. The van der Waals surface area contributed by atoms with E-state index in [9.17, 15) is 5.11 Å². The largest absolute Gasteiger partial charge is 0.427 e. The quantitative estimate of drug-likeness (QED) is 0.511. The zero-order chi connectivity index (χ0) is 16.8. The van der Waals surface area contributed by atoms with Crippen LogP contribution >= 0.6 is 0 Å². The van der Waals surface area contributed by atoms with E-state index in [0.717, 1.165) is 12.1 Å². The third-order valence-electron chi connectivity index (χ3n) is 4.04. The summed E-state index contributed by atoms with van der Waals surface area (Å²) in [4.78, 5) is 0. The second kappa shape index (κ2) is 7.61. The molecule has 0 atom stereocenters. The monoisotopic (exact) mass is 302 g/mol. The minimum atomic E-state index is -0.955. The Balaban J connectivity index is 2.65. The van der Waals surface area contributed by atoms with Gasteiger partial charge in [0.05, 0.1) is 11.2 Å². The number of aliphatic hydroxyl groups is 1. The molecule has 0 aliphatic heterocycles. The van der Waals surface area contributed by atoms with Crippen LogP contribution in [0.3, 0.4) is 0 Å². The van der Waals surface area contributed by atoms with Crippen molar-refractivity contribution in [1.29, 1.82) is 5.41 Å². The standard InChI is InChI=1S/C17H27BN2O2/c1-6-13-7-9-15(10-8-13)20-12-14(11-19)18-22-17(4,5)16(2,3)21/h7-12,18-21H,6H2,1-5H3/b14-12+,19-11?. The molecule has 4 nitrogen and oxygen atoms in total. The molecular weight excluding hydrogens is 275 g/mol. The lowest BCUT2D eigenvalue weighted by Gasteiger charge is -2.37. The predicted octanol–water partition coefficient (Wildman–Crippen LogP) is 3.07. The summed E-state index contributed by atoms with van der Waals surface area (Å²) in [7, 11) is 0.264. The summed E-state index contributed by atoms with van der Waals surface area (Å²) in [6.07, 6.45) is 4.03. The van der Waals surface area contributed by atoms with Gasteiger partial charge in [0.15, 0.2) is 0 Å². The lowest BCUT2D eigenvalue weighted by Crippen LogP contribution is -2.48. The zero-order valence-corrected chi connectivity index (χ0v) is 14.2. The maximum atomic E-state index is 10.1. The SMILES string of the molecule is CCc1ccc(N/C=C(/BOC(C)(C)C(C)(C)O)C=N)cc1. The fourth-order valence-electron chi connectivity index (χ4n) is 1.58. The molecule has 1 rings (SSSR count). The van der Waals surface area contributed by atoms with Gasteiger partial charge in [0.25, 0.3) is 0 Å². The minimum Gasteiger partial charge on any atom is -0.427 e. The van der Waals surface area contributed by atoms with Gasteiger partial charge in [-0.1, -0.05) is 19.1 Å². The minimum absolute atomic E-state index is 0.264. The lowest BCUT2D eigenvalue weighted by atomic mass is 9.83. The maximum absolute atomic E-state index is 10.1. The van der Waals surface area contributed by atoms with Gasteiger partial charge in [-0.05, 0) is 63.5 Å². The first kappa shape index (κ1) is 18.5. The number of aryl methyl sites for hydroxylation is 1. The van der Waals surface area contributed by atoms with Crippen LogP contribution in [0.1, 0.15) is 40.2 Å². The molecule has 1 aromatic rings. The van der Waals surface area contributed by atoms with Crippen molar-refractivity contribution < 1.29 is 9.76 Å². The van der Waals surface area contributed by atoms with E-state index in [1.165, 1.54) is 11.8 Å². The number of anilines is 1. The molecule has 0 saturated carbocycles. The van der Waals surface area contributed by atoms with Gasteiger partial charge in [-0.15, -0.1) is 0 Å². The second-order valence-corrected chi connectivity index (χ2v) is 6.42. The van der Waals surface area contributed by atoms with E-state index >= 15 is 0 Å². The molecule has 0 unspecified atom stereocenters. The molecule has 1 aromatic carbocycles. The Labute approximate surface area is 134 Å². The van der Waals surface area contributed by atoms with Crippen molar-refractivity contribution in [2.75, 3.05) is 5.32 Å². The van der Waals surface area contributed by atoms with Crippen molar-refractivity contribution in [2.45, 2.75) is 52.2 Å². The van der Waals surface area contributed by atoms with Crippen LogP contribution in [-0.2, 0) is 11.1 Å². The Hall–Kier alpha value is -1.59. The maximum Gasteiger partial charge on any atom is 0.312 e. The Morgan fingerprint density at radius 2 is 1.86 bits per heavy atom. The lowest BCUT2D eigenvalue weighted by molar-refractivity contribution is -0.0895. The summed E-state index contributed by atoms with van der Waals surface area (Å²) in [5.74, 6) is 0. The molecule has 0 radical (unpaired) electrons. The van der Waals surface area contributed by atoms with Crippen molar-refractivity contribution in [3.8, 4) is 0 Å². The molecule has 0 aliphatic rings. The van der Waals surface area contributed by atoms with E-state index in [4.69, 9.17) is 10.1 Å². The van der Waals surface area contributed by atoms with Gasteiger partial charge in [0.2, 0.25) is 0 Å². The van der Waals surface area contributed by atoms with Crippen LogP contribution < -0.4 is 5.32 Å². The molecule has 0 aromatic heterocycles. The molecule has 3 N–H and O–H groups in total. The topological polar surface area (TPSA) is 65.3 Å². The summed E-state index contributed by atoms with van der Waals surface area (Å²) in [6.45, 7) is 9.23. The predicted molar refractivity (Wildman–Crippen MR) is 94.9 cm³/mol. The Morgan fingerprint density at radius 3 is 2.32 bits per heavy atom. The van der Waals surface area contributed by atoms with E-state index in [-0.39, 0.29) is 7.48 Å².